The highest BCUT2D eigenvalue weighted by atomic mass is 32.1. The summed E-state index contributed by atoms with van der Waals surface area (Å²) in [6.45, 7) is 4.99. The van der Waals surface area contributed by atoms with Crippen molar-refractivity contribution in [3.63, 3.8) is 0 Å². The zero-order valence-corrected chi connectivity index (χ0v) is 12.7. The molecule has 0 spiro atoms. The molecule has 104 valence electrons. The standard InChI is InChI=1S/C16H23NOS/c1-12(2)14-5-3-13(4-6-14)10-17-15(18)9-16(11-19)7-8-16/h3-6,12,19H,7-11H2,1-2H3,(H,17,18). The van der Waals surface area contributed by atoms with Crippen molar-refractivity contribution in [1.29, 1.82) is 0 Å². The van der Waals surface area contributed by atoms with Crippen LogP contribution in [-0.2, 0) is 11.3 Å². The third-order valence-electron chi connectivity index (χ3n) is 3.96. The van der Waals surface area contributed by atoms with Gasteiger partial charge in [0.2, 0.25) is 5.91 Å². The summed E-state index contributed by atoms with van der Waals surface area (Å²) in [5.74, 6) is 1.52. The number of amides is 1. The van der Waals surface area contributed by atoms with Crippen molar-refractivity contribution in [2.24, 2.45) is 5.41 Å². The molecule has 0 heterocycles. The molecule has 0 aromatic heterocycles. The van der Waals surface area contributed by atoms with Gasteiger partial charge in [-0.1, -0.05) is 38.1 Å². The van der Waals surface area contributed by atoms with Gasteiger partial charge in [-0.05, 0) is 41.1 Å². The number of nitrogens with one attached hydrogen (secondary N) is 1. The van der Waals surface area contributed by atoms with Crippen molar-refractivity contribution >= 4 is 18.5 Å². The van der Waals surface area contributed by atoms with Crippen LogP contribution in [0.5, 0.6) is 0 Å². The Bertz CT molecular complexity index is 435. The topological polar surface area (TPSA) is 29.1 Å². The lowest BCUT2D eigenvalue weighted by Crippen LogP contribution is -2.26. The fourth-order valence-corrected chi connectivity index (χ4v) is 2.62. The first-order valence-corrected chi connectivity index (χ1v) is 7.64. The van der Waals surface area contributed by atoms with Crippen molar-refractivity contribution in [1.82, 2.24) is 5.32 Å². The van der Waals surface area contributed by atoms with Crippen LogP contribution in [0.25, 0.3) is 0 Å². The third-order valence-corrected chi connectivity index (χ3v) is 4.63. The largest absolute Gasteiger partial charge is 0.352 e. The van der Waals surface area contributed by atoms with Gasteiger partial charge in [-0.3, -0.25) is 4.79 Å². The maximum absolute atomic E-state index is 11.9. The van der Waals surface area contributed by atoms with E-state index in [2.05, 4.69) is 56.1 Å². The number of hydrogen-bond acceptors (Lipinski definition) is 2. The van der Waals surface area contributed by atoms with Gasteiger partial charge in [0.1, 0.15) is 0 Å². The zero-order chi connectivity index (χ0) is 13.9. The molecule has 1 amide bonds. The van der Waals surface area contributed by atoms with Gasteiger partial charge in [0, 0.05) is 13.0 Å². The molecule has 1 aliphatic rings. The fraction of sp³-hybridized carbons (Fsp3) is 0.562. The minimum atomic E-state index is 0.152. The van der Waals surface area contributed by atoms with Crippen molar-refractivity contribution in [3.8, 4) is 0 Å². The van der Waals surface area contributed by atoms with Crippen LogP contribution in [0.1, 0.15) is 50.2 Å². The van der Waals surface area contributed by atoms with Gasteiger partial charge in [0.05, 0.1) is 0 Å². The molecule has 2 nitrogen and oxygen atoms in total. The average molecular weight is 277 g/mol. The monoisotopic (exact) mass is 277 g/mol. The minimum Gasteiger partial charge on any atom is -0.352 e. The van der Waals surface area contributed by atoms with E-state index in [9.17, 15) is 4.79 Å². The molecule has 3 heteroatoms. The first-order chi connectivity index (χ1) is 9.04. The molecule has 0 bridgehead atoms. The van der Waals surface area contributed by atoms with Crippen molar-refractivity contribution in [2.75, 3.05) is 5.75 Å². The normalized spacial score (nSPS) is 16.4. The smallest absolute Gasteiger partial charge is 0.220 e. The Morgan fingerprint density at radius 1 is 1.32 bits per heavy atom. The Hall–Kier alpha value is -0.960. The molecule has 1 aromatic rings. The second-order valence-electron chi connectivity index (χ2n) is 6.01. The number of hydrogen-bond donors (Lipinski definition) is 2. The second kappa shape index (κ2) is 6.00. The summed E-state index contributed by atoms with van der Waals surface area (Å²) in [6, 6.07) is 8.48. The molecule has 1 saturated carbocycles. The highest BCUT2D eigenvalue weighted by Crippen LogP contribution is 2.49. The first-order valence-electron chi connectivity index (χ1n) is 7.01. The molecule has 1 fully saturated rings. The van der Waals surface area contributed by atoms with Crippen LogP contribution in [-0.4, -0.2) is 11.7 Å². The average Bonchev–Trinajstić information content (AvgIpc) is 3.17. The predicted octanol–water partition coefficient (Wildman–Crippen LogP) is 3.53. The molecule has 0 saturated heterocycles. The molecule has 0 aliphatic heterocycles. The van der Waals surface area contributed by atoms with E-state index < -0.39 is 0 Å². The SMILES string of the molecule is CC(C)c1ccc(CNC(=O)CC2(CS)CC2)cc1. The highest BCUT2D eigenvalue weighted by Gasteiger charge is 2.42. The second-order valence-corrected chi connectivity index (χ2v) is 6.32. The number of rotatable bonds is 6. The van der Waals surface area contributed by atoms with Gasteiger partial charge in [-0.15, -0.1) is 0 Å². The number of benzene rings is 1. The molecular weight excluding hydrogens is 254 g/mol. The summed E-state index contributed by atoms with van der Waals surface area (Å²) in [4.78, 5) is 11.9. The summed E-state index contributed by atoms with van der Waals surface area (Å²) in [6.07, 6.45) is 2.92. The van der Waals surface area contributed by atoms with Crippen LogP contribution in [0.2, 0.25) is 0 Å². The van der Waals surface area contributed by atoms with Gasteiger partial charge in [0.15, 0.2) is 0 Å². The van der Waals surface area contributed by atoms with E-state index in [-0.39, 0.29) is 11.3 Å². The van der Waals surface area contributed by atoms with E-state index in [1.165, 1.54) is 5.56 Å². The Morgan fingerprint density at radius 3 is 2.42 bits per heavy atom. The molecule has 0 radical (unpaired) electrons. The third kappa shape index (κ3) is 4.00. The molecule has 19 heavy (non-hydrogen) atoms. The van der Waals surface area contributed by atoms with Crippen LogP contribution in [0.15, 0.2) is 24.3 Å². The Balaban J connectivity index is 1.80. The summed E-state index contributed by atoms with van der Waals surface area (Å²) in [7, 11) is 0. The molecule has 0 unspecified atom stereocenters. The van der Waals surface area contributed by atoms with E-state index in [1.807, 2.05) is 0 Å². The lowest BCUT2D eigenvalue weighted by molar-refractivity contribution is -0.122. The van der Waals surface area contributed by atoms with E-state index in [1.54, 1.807) is 0 Å². The van der Waals surface area contributed by atoms with Gasteiger partial charge in [0.25, 0.3) is 0 Å². The number of carbonyl (C=O) groups is 1. The molecule has 1 N–H and O–H groups in total. The van der Waals surface area contributed by atoms with Gasteiger partial charge in [-0.2, -0.15) is 12.6 Å². The lowest BCUT2D eigenvalue weighted by atomic mass is 10.0. The van der Waals surface area contributed by atoms with Crippen LogP contribution in [0.4, 0.5) is 0 Å². The van der Waals surface area contributed by atoms with Gasteiger partial charge < -0.3 is 5.32 Å². The molecular formula is C16H23NOS. The van der Waals surface area contributed by atoms with Crippen molar-refractivity contribution < 1.29 is 4.79 Å². The van der Waals surface area contributed by atoms with E-state index in [4.69, 9.17) is 0 Å². The number of thiol groups is 1. The Labute approximate surface area is 121 Å². The van der Waals surface area contributed by atoms with Gasteiger partial charge in [-0.25, -0.2) is 0 Å². The first kappa shape index (κ1) is 14.4. The quantitative estimate of drug-likeness (QED) is 0.765. The summed E-state index contributed by atoms with van der Waals surface area (Å²) < 4.78 is 0. The summed E-state index contributed by atoms with van der Waals surface area (Å²) in [5, 5.41) is 3.01. The van der Waals surface area contributed by atoms with Gasteiger partial charge >= 0.3 is 0 Å². The minimum absolute atomic E-state index is 0.152. The maximum atomic E-state index is 11.9. The number of carbonyl (C=O) groups excluding carboxylic acids is 1. The van der Waals surface area contributed by atoms with Crippen LogP contribution < -0.4 is 5.32 Å². The highest BCUT2D eigenvalue weighted by molar-refractivity contribution is 7.80. The van der Waals surface area contributed by atoms with E-state index >= 15 is 0 Å². The fourth-order valence-electron chi connectivity index (χ4n) is 2.19. The molecule has 1 aliphatic carbocycles. The predicted molar refractivity (Wildman–Crippen MR) is 82.5 cm³/mol. The Morgan fingerprint density at radius 2 is 1.95 bits per heavy atom. The summed E-state index contributed by atoms with van der Waals surface area (Å²) in [5.41, 5.74) is 2.70. The Kier molecular flexibility index (Phi) is 4.56. The van der Waals surface area contributed by atoms with E-state index in [0.717, 1.165) is 24.2 Å². The lowest BCUT2D eigenvalue weighted by Gasteiger charge is -2.12. The molecule has 1 aromatic carbocycles. The molecule has 0 atom stereocenters. The zero-order valence-electron chi connectivity index (χ0n) is 11.8. The van der Waals surface area contributed by atoms with Crippen LogP contribution in [0, 0.1) is 5.41 Å². The van der Waals surface area contributed by atoms with Crippen LogP contribution in [0.3, 0.4) is 0 Å². The van der Waals surface area contributed by atoms with E-state index in [0.29, 0.717) is 18.9 Å². The summed E-state index contributed by atoms with van der Waals surface area (Å²) >= 11 is 4.33. The molecule has 2 rings (SSSR count). The maximum Gasteiger partial charge on any atom is 0.220 e. The van der Waals surface area contributed by atoms with Crippen LogP contribution >= 0.6 is 12.6 Å². The van der Waals surface area contributed by atoms with Crippen molar-refractivity contribution in [3.05, 3.63) is 35.4 Å². The van der Waals surface area contributed by atoms with Crippen molar-refractivity contribution in [2.45, 2.75) is 45.6 Å².